The molecule has 21 heavy (non-hydrogen) atoms. The molecule has 3 heteroatoms. The van der Waals surface area contributed by atoms with Gasteiger partial charge in [-0.15, -0.1) is 0 Å². The van der Waals surface area contributed by atoms with Gasteiger partial charge in [-0.25, -0.2) is 0 Å². The van der Waals surface area contributed by atoms with E-state index in [0.29, 0.717) is 6.61 Å². The molecule has 112 valence electrons. The van der Waals surface area contributed by atoms with Gasteiger partial charge in [-0.1, -0.05) is 42.8 Å². The Labute approximate surface area is 132 Å². The minimum absolute atomic E-state index is 0.152. The molecule has 0 aliphatic rings. The lowest BCUT2D eigenvalue weighted by Crippen LogP contribution is -2.23. The highest BCUT2D eigenvalue weighted by atomic mass is 35.5. The topological polar surface area (TPSA) is 21.3 Å². The van der Waals surface area contributed by atoms with Crippen molar-refractivity contribution in [3.8, 4) is 5.75 Å². The van der Waals surface area contributed by atoms with Crippen LogP contribution in [0.3, 0.4) is 0 Å². The van der Waals surface area contributed by atoms with E-state index in [1.807, 2.05) is 37.3 Å². The lowest BCUT2D eigenvalue weighted by molar-refractivity contribution is 0.340. The lowest BCUT2D eigenvalue weighted by Gasteiger charge is -2.20. The van der Waals surface area contributed by atoms with E-state index in [-0.39, 0.29) is 6.04 Å². The molecule has 0 fully saturated rings. The molecule has 0 saturated carbocycles. The van der Waals surface area contributed by atoms with Gasteiger partial charge >= 0.3 is 0 Å². The Kier molecular flexibility index (Phi) is 6.09. The van der Waals surface area contributed by atoms with Crippen LogP contribution < -0.4 is 10.1 Å². The summed E-state index contributed by atoms with van der Waals surface area (Å²) in [4.78, 5) is 0. The Balaban J connectivity index is 2.26. The quantitative estimate of drug-likeness (QED) is 0.791. The number of nitrogens with one attached hydrogen (secondary N) is 1. The molecule has 2 rings (SSSR count). The SMILES string of the molecule is CCCNC(c1ccc(OCC)cc1)c1cccc(Cl)c1. The molecule has 0 aromatic heterocycles. The summed E-state index contributed by atoms with van der Waals surface area (Å²) in [6, 6.07) is 16.4. The Morgan fingerprint density at radius 2 is 1.81 bits per heavy atom. The first-order valence-corrected chi connectivity index (χ1v) is 7.84. The van der Waals surface area contributed by atoms with Crippen LogP contribution >= 0.6 is 11.6 Å². The largest absolute Gasteiger partial charge is 0.494 e. The van der Waals surface area contributed by atoms with Crippen molar-refractivity contribution >= 4 is 11.6 Å². The molecule has 0 radical (unpaired) electrons. The van der Waals surface area contributed by atoms with Gasteiger partial charge in [-0.3, -0.25) is 0 Å². The van der Waals surface area contributed by atoms with Crippen LogP contribution in [0.4, 0.5) is 0 Å². The minimum Gasteiger partial charge on any atom is -0.494 e. The van der Waals surface area contributed by atoms with E-state index in [1.165, 1.54) is 11.1 Å². The molecule has 1 atom stereocenters. The fraction of sp³-hybridized carbons (Fsp3) is 0.333. The van der Waals surface area contributed by atoms with Crippen LogP contribution in [-0.4, -0.2) is 13.2 Å². The van der Waals surface area contributed by atoms with Crippen LogP contribution in [0.25, 0.3) is 0 Å². The van der Waals surface area contributed by atoms with Crippen molar-refractivity contribution in [2.45, 2.75) is 26.3 Å². The summed E-state index contributed by atoms with van der Waals surface area (Å²) in [5, 5.41) is 4.35. The summed E-state index contributed by atoms with van der Waals surface area (Å²) >= 11 is 6.13. The number of ether oxygens (including phenoxy) is 1. The van der Waals surface area contributed by atoms with E-state index in [9.17, 15) is 0 Å². The Morgan fingerprint density at radius 1 is 1.05 bits per heavy atom. The van der Waals surface area contributed by atoms with Gasteiger partial charge < -0.3 is 10.1 Å². The number of halogens is 1. The summed E-state index contributed by atoms with van der Waals surface area (Å²) in [5.74, 6) is 0.904. The standard InChI is InChI=1S/C18H22ClNO/c1-3-12-20-18(15-6-5-7-16(19)13-15)14-8-10-17(11-9-14)21-4-2/h5-11,13,18,20H,3-4,12H2,1-2H3. The third kappa shape index (κ3) is 4.48. The highest BCUT2D eigenvalue weighted by Gasteiger charge is 2.13. The molecular formula is C18H22ClNO. The number of rotatable bonds is 7. The predicted molar refractivity (Wildman–Crippen MR) is 89.2 cm³/mol. The van der Waals surface area contributed by atoms with E-state index in [0.717, 1.165) is 23.7 Å². The van der Waals surface area contributed by atoms with Crippen LogP contribution in [-0.2, 0) is 0 Å². The van der Waals surface area contributed by atoms with Crippen molar-refractivity contribution in [3.05, 3.63) is 64.7 Å². The molecule has 2 aromatic carbocycles. The monoisotopic (exact) mass is 303 g/mol. The lowest BCUT2D eigenvalue weighted by atomic mass is 9.98. The summed E-state index contributed by atoms with van der Waals surface area (Å²) < 4.78 is 5.51. The van der Waals surface area contributed by atoms with Crippen LogP contribution in [0.5, 0.6) is 5.75 Å². The van der Waals surface area contributed by atoms with Gasteiger partial charge in [0.05, 0.1) is 12.6 Å². The maximum absolute atomic E-state index is 6.13. The molecule has 0 bridgehead atoms. The molecule has 0 heterocycles. The first kappa shape index (κ1) is 15.9. The third-order valence-electron chi connectivity index (χ3n) is 3.30. The average Bonchev–Trinajstić information content (AvgIpc) is 2.50. The summed E-state index contributed by atoms with van der Waals surface area (Å²) in [5.41, 5.74) is 2.40. The van der Waals surface area contributed by atoms with Gasteiger partial charge in [-0.05, 0) is 55.3 Å². The van der Waals surface area contributed by atoms with Crippen LogP contribution in [0.2, 0.25) is 5.02 Å². The van der Waals surface area contributed by atoms with Gasteiger partial charge in [0.2, 0.25) is 0 Å². The maximum Gasteiger partial charge on any atom is 0.119 e. The van der Waals surface area contributed by atoms with E-state index in [2.05, 4.69) is 30.4 Å². The normalized spacial score (nSPS) is 12.1. The van der Waals surface area contributed by atoms with Gasteiger partial charge in [0, 0.05) is 5.02 Å². The van der Waals surface area contributed by atoms with E-state index in [4.69, 9.17) is 16.3 Å². The molecule has 1 unspecified atom stereocenters. The first-order valence-electron chi connectivity index (χ1n) is 7.46. The zero-order valence-corrected chi connectivity index (χ0v) is 13.4. The predicted octanol–water partition coefficient (Wildman–Crippen LogP) is 4.83. The van der Waals surface area contributed by atoms with E-state index >= 15 is 0 Å². The highest BCUT2D eigenvalue weighted by Crippen LogP contribution is 2.26. The van der Waals surface area contributed by atoms with Crippen LogP contribution in [0, 0.1) is 0 Å². The van der Waals surface area contributed by atoms with Crippen molar-refractivity contribution < 1.29 is 4.74 Å². The fourth-order valence-electron chi connectivity index (χ4n) is 2.33. The number of benzene rings is 2. The molecular weight excluding hydrogens is 282 g/mol. The van der Waals surface area contributed by atoms with Crippen LogP contribution in [0.15, 0.2) is 48.5 Å². The van der Waals surface area contributed by atoms with Crippen molar-refractivity contribution in [1.29, 1.82) is 0 Å². The zero-order chi connectivity index (χ0) is 15.1. The van der Waals surface area contributed by atoms with Gasteiger partial charge in [-0.2, -0.15) is 0 Å². The fourth-order valence-corrected chi connectivity index (χ4v) is 2.52. The Morgan fingerprint density at radius 3 is 2.43 bits per heavy atom. The second-order valence-corrected chi connectivity index (χ2v) is 5.38. The smallest absolute Gasteiger partial charge is 0.119 e. The number of hydrogen-bond acceptors (Lipinski definition) is 2. The van der Waals surface area contributed by atoms with Crippen LogP contribution in [0.1, 0.15) is 37.4 Å². The van der Waals surface area contributed by atoms with E-state index in [1.54, 1.807) is 0 Å². The second-order valence-electron chi connectivity index (χ2n) is 4.94. The van der Waals surface area contributed by atoms with Gasteiger partial charge in [0.1, 0.15) is 5.75 Å². The Hall–Kier alpha value is -1.51. The third-order valence-corrected chi connectivity index (χ3v) is 3.54. The Bertz CT molecular complexity index is 553. The minimum atomic E-state index is 0.152. The summed E-state index contributed by atoms with van der Waals surface area (Å²) in [6.07, 6.45) is 1.09. The molecule has 2 aromatic rings. The van der Waals surface area contributed by atoms with Crippen molar-refractivity contribution in [2.24, 2.45) is 0 Å². The molecule has 0 saturated heterocycles. The van der Waals surface area contributed by atoms with E-state index < -0.39 is 0 Å². The zero-order valence-electron chi connectivity index (χ0n) is 12.6. The molecule has 0 aliphatic carbocycles. The molecule has 1 N–H and O–H groups in total. The molecule has 0 aliphatic heterocycles. The molecule has 0 amide bonds. The molecule has 0 spiro atoms. The van der Waals surface area contributed by atoms with Gasteiger partial charge in [0.25, 0.3) is 0 Å². The van der Waals surface area contributed by atoms with Gasteiger partial charge in [0.15, 0.2) is 0 Å². The second kappa shape index (κ2) is 8.06. The number of hydrogen-bond donors (Lipinski definition) is 1. The van der Waals surface area contributed by atoms with Crippen molar-refractivity contribution in [3.63, 3.8) is 0 Å². The highest BCUT2D eigenvalue weighted by molar-refractivity contribution is 6.30. The first-order chi connectivity index (χ1) is 10.2. The summed E-state index contributed by atoms with van der Waals surface area (Å²) in [6.45, 7) is 5.81. The average molecular weight is 304 g/mol. The molecule has 2 nitrogen and oxygen atoms in total. The maximum atomic E-state index is 6.13. The summed E-state index contributed by atoms with van der Waals surface area (Å²) in [7, 11) is 0. The van der Waals surface area contributed by atoms with Crippen molar-refractivity contribution in [2.75, 3.05) is 13.2 Å². The van der Waals surface area contributed by atoms with Crippen molar-refractivity contribution in [1.82, 2.24) is 5.32 Å².